The second-order valence-electron chi connectivity index (χ2n) is 8.68. The predicted molar refractivity (Wildman–Crippen MR) is 132 cm³/mol. The molecule has 1 aliphatic rings. The van der Waals surface area contributed by atoms with Gasteiger partial charge in [0.25, 0.3) is 0 Å². The molecule has 0 spiro atoms. The minimum absolute atomic E-state index is 0.0349. The smallest absolute Gasteiger partial charge is 0.243 e. The number of hydrogen-bond acceptors (Lipinski definition) is 3. The van der Waals surface area contributed by atoms with Gasteiger partial charge in [-0.3, -0.25) is 9.59 Å². The van der Waals surface area contributed by atoms with Crippen LogP contribution in [0, 0.1) is 0 Å². The molecule has 178 valence electrons. The van der Waals surface area contributed by atoms with Crippen molar-refractivity contribution in [3.05, 3.63) is 65.2 Å². The van der Waals surface area contributed by atoms with Gasteiger partial charge in [-0.25, -0.2) is 0 Å². The number of nitrogens with zero attached hydrogens (tertiary/aromatic N) is 1. The number of benzene rings is 2. The first kappa shape index (κ1) is 25.1. The third-order valence-electron chi connectivity index (χ3n) is 6.15. The Morgan fingerprint density at radius 1 is 1.06 bits per heavy atom. The van der Waals surface area contributed by atoms with Crippen LogP contribution < -0.4 is 10.1 Å². The lowest BCUT2D eigenvalue weighted by atomic mass is 9.95. The Bertz CT molecular complexity index is 867. The summed E-state index contributed by atoms with van der Waals surface area (Å²) in [4.78, 5) is 28.2. The Labute approximate surface area is 202 Å². The molecule has 2 aromatic rings. The van der Waals surface area contributed by atoms with Gasteiger partial charge >= 0.3 is 0 Å². The number of hydrogen-bond donors (Lipinski definition) is 1. The van der Waals surface area contributed by atoms with Crippen molar-refractivity contribution in [3.8, 4) is 5.75 Å². The highest BCUT2D eigenvalue weighted by molar-refractivity contribution is 6.30. The normalized spacial score (nSPS) is 15.0. The number of carbonyl (C=O) groups excluding carboxylic acids is 2. The van der Waals surface area contributed by atoms with Gasteiger partial charge in [0.2, 0.25) is 11.8 Å². The molecule has 0 aliphatic heterocycles. The maximum Gasteiger partial charge on any atom is 0.243 e. The van der Waals surface area contributed by atoms with Crippen molar-refractivity contribution in [3.63, 3.8) is 0 Å². The van der Waals surface area contributed by atoms with Crippen molar-refractivity contribution >= 4 is 23.4 Å². The lowest BCUT2D eigenvalue weighted by Gasteiger charge is -2.33. The highest BCUT2D eigenvalue weighted by Gasteiger charge is 2.30. The van der Waals surface area contributed by atoms with Crippen molar-refractivity contribution < 1.29 is 14.3 Å². The lowest BCUT2D eigenvalue weighted by molar-refractivity contribution is -0.142. The molecule has 33 heavy (non-hydrogen) atoms. The number of nitrogens with one attached hydrogen (secondary N) is 1. The zero-order valence-electron chi connectivity index (χ0n) is 19.5. The van der Waals surface area contributed by atoms with Crippen molar-refractivity contribution in [1.29, 1.82) is 0 Å². The minimum atomic E-state index is -0.495. The summed E-state index contributed by atoms with van der Waals surface area (Å²) in [5.41, 5.74) is 0.956. The van der Waals surface area contributed by atoms with Crippen LogP contribution in [0.1, 0.15) is 63.9 Å². The third-order valence-corrected chi connectivity index (χ3v) is 6.40. The largest absolute Gasteiger partial charge is 0.494 e. The van der Waals surface area contributed by atoms with Gasteiger partial charge in [-0.05, 0) is 55.5 Å². The van der Waals surface area contributed by atoms with Crippen LogP contribution in [-0.4, -0.2) is 35.4 Å². The summed E-state index contributed by atoms with van der Waals surface area (Å²) in [5, 5.41) is 3.86. The van der Waals surface area contributed by atoms with Crippen LogP contribution in [-0.2, 0) is 16.1 Å². The van der Waals surface area contributed by atoms with Gasteiger partial charge in [0.05, 0.1) is 6.61 Å². The Hall–Kier alpha value is -2.53. The van der Waals surface area contributed by atoms with Gasteiger partial charge in [0.1, 0.15) is 11.8 Å². The second kappa shape index (κ2) is 13.2. The molecule has 0 aromatic heterocycles. The van der Waals surface area contributed by atoms with E-state index >= 15 is 0 Å². The maximum absolute atomic E-state index is 13.3. The molecule has 2 amide bonds. The Balaban J connectivity index is 1.64. The summed E-state index contributed by atoms with van der Waals surface area (Å²) in [7, 11) is 0. The Morgan fingerprint density at radius 2 is 1.76 bits per heavy atom. The zero-order chi connectivity index (χ0) is 23.5. The SMILES string of the molecule is CCC(C(=O)NC1CCCCC1)N(Cc1ccc(Cl)cc1)C(=O)CCCOc1ccccc1. The molecule has 0 radical (unpaired) electrons. The molecule has 1 saturated carbocycles. The highest BCUT2D eigenvalue weighted by atomic mass is 35.5. The minimum Gasteiger partial charge on any atom is -0.494 e. The molecule has 1 fully saturated rings. The van der Waals surface area contributed by atoms with E-state index in [4.69, 9.17) is 16.3 Å². The van der Waals surface area contributed by atoms with Crippen LogP contribution in [0.4, 0.5) is 0 Å². The number of rotatable bonds is 11. The molecule has 5 nitrogen and oxygen atoms in total. The van der Waals surface area contributed by atoms with Crippen LogP contribution >= 0.6 is 11.6 Å². The van der Waals surface area contributed by atoms with E-state index in [0.29, 0.717) is 37.4 Å². The summed E-state index contributed by atoms with van der Waals surface area (Å²) in [5.74, 6) is 0.709. The molecule has 3 rings (SSSR count). The first-order valence-electron chi connectivity index (χ1n) is 12.1. The summed E-state index contributed by atoms with van der Waals surface area (Å²) in [6.07, 6.45) is 7.05. The van der Waals surface area contributed by atoms with Gasteiger partial charge in [0, 0.05) is 24.0 Å². The van der Waals surface area contributed by atoms with Gasteiger partial charge in [0.15, 0.2) is 0 Å². The molecule has 1 aliphatic carbocycles. The van der Waals surface area contributed by atoms with E-state index in [2.05, 4.69) is 5.32 Å². The van der Waals surface area contributed by atoms with Crippen molar-refractivity contribution in [1.82, 2.24) is 10.2 Å². The van der Waals surface area contributed by atoms with Crippen LogP contribution in [0.25, 0.3) is 0 Å². The summed E-state index contributed by atoms with van der Waals surface area (Å²) in [6, 6.07) is 16.8. The van der Waals surface area contributed by atoms with E-state index in [1.807, 2.05) is 61.5 Å². The van der Waals surface area contributed by atoms with Crippen LogP contribution in [0.2, 0.25) is 5.02 Å². The lowest BCUT2D eigenvalue weighted by Crippen LogP contribution is -2.51. The Kier molecular flexibility index (Phi) is 10.1. The fourth-order valence-corrected chi connectivity index (χ4v) is 4.45. The molecule has 6 heteroatoms. The van der Waals surface area contributed by atoms with E-state index in [1.54, 1.807) is 4.90 Å². The maximum atomic E-state index is 13.3. The average molecular weight is 471 g/mol. The molecule has 0 bridgehead atoms. The topological polar surface area (TPSA) is 58.6 Å². The fraction of sp³-hybridized carbons (Fsp3) is 0.481. The first-order valence-corrected chi connectivity index (χ1v) is 12.5. The molecule has 1 atom stereocenters. The summed E-state index contributed by atoms with van der Waals surface area (Å²) >= 11 is 6.04. The van der Waals surface area contributed by atoms with E-state index in [0.717, 1.165) is 37.0 Å². The fourth-order valence-electron chi connectivity index (χ4n) is 4.32. The summed E-state index contributed by atoms with van der Waals surface area (Å²) in [6.45, 7) is 2.80. The van der Waals surface area contributed by atoms with Crippen molar-refractivity contribution in [2.24, 2.45) is 0 Å². The number of halogens is 1. The van der Waals surface area contributed by atoms with E-state index in [9.17, 15) is 9.59 Å². The van der Waals surface area contributed by atoms with Gasteiger partial charge < -0.3 is 15.0 Å². The quantitative estimate of drug-likeness (QED) is 0.425. The highest BCUT2D eigenvalue weighted by Crippen LogP contribution is 2.20. The third kappa shape index (κ3) is 8.08. The predicted octanol–water partition coefficient (Wildman–Crippen LogP) is 5.76. The first-order chi connectivity index (χ1) is 16.1. The van der Waals surface area contributed by atoms with E-state index in [-0.39, 0.29) is 17.9 Å². The Morgan fingerprint density at radius 3 is 2.42 bits per heavy atom. The van der Waals surface area contributed by atoms with Gasteiger partial charge in [-0.15, -0.1) is 0 Å². The van der Waals surface area contributed by atoms with Crippen molar-refractivity contribution in [2.45, 2.75) is 76.9 Å². The molecular formula is C27H35ClN2O3. The van der Waals surface area contributed by atoms with E-state index in [1.165, 1.54) is 6.42 Å². The van der Waals surface area contributed by atoms with Crippen molar-refractivity contribution in [2.75, 3.05) is 6.61 Å². The molecular weight excluding hydrogens is 436 g/mol. The monoisotopic (exact) mass is 470 g/mol. The summed E-state index contributed by atoms with van der Waals surface area (Å²) < 4.78 is 5.74. The number of carbonyl (C=O) groups is 2. The van der Waals surface area contributed by atoms with E-state index < -0.39 is 6.04 Å². The second-order valence-corrected chi connectivity index (χ2v) is 9.12. The molecule has 0 heterocycles. The van der Waals surface area contributed by atoms with Gasteiger partial charge in [-0.1, -0.05) is 68.1 Å². The number of para-hydroxylation sites is 1. The number of amides is 2. The zero-order valence-corrected chi connectivity index (χ0v) is 20.2. The van der Waals surface area contributed by atoms with Crippen LogP contribution in [0.15, 0.2) is 54.6 Å². The molecule has 1 N–H and O–H groups in total. The molecule has 2 aromatic carbocycles. The standard InChI is InChI=1S/C27H35ClN2O3/c1-2-25(27(32)29-23-10-5-3-6-11-23)30(20-21-15-17-22(28)18-16-21)26(31)14-9-19-33-24-12-7-4-8-13-24/h4,7-8,12-13,15-18,23,25H,2-3,5-6,9-11,14,19-20H2,1H3,(H,29,32). The van der Waals surface area contributed by atoms with Gasteiger partial charge in [-0.2, -0.15) is 0 Å². The average Bonchev–Trinajstić information content (AvgIpc) is 2.84. The van der Waals surface area contributed by atoms with Crippen LogP contribution in [0.3, 0.4) is 0 Å². The molecule has 0 saturated heterocycles. The molecule has 1 unspecified atom stereocenters. The van der Waals surface area contributed by atoms with Crippen LogP contribution in [0.5, 0.6) is 5.75 Å². The number of ether oxygens (including phenoxy) is 1.